The first kappa shape index (κ1) is 69.0. The lowest BCUT2D eigenvalue weighted by Gasteiger charge is -2.32. The van der Waals surface area contributed by atoms with Gasteiger partial charge in [0.25, 0.3) is 16.7 Å². The molecule has 28 nitrogen and oxygen atoms in total. The number of H-pyrrole nitrogens is 3. The highest BCUT2D eigenvalue weighted by molar-refractivity contribution is 5.76. The van der Waals surface area contributed by atoms with Gasteiger partial charge in [0.15, 0.2) is 0 Å². The number of nitrogens with zero attached hydrogens (tertiary/aromatic N) is 11. The van der Waals surface area contributed by atoms with Crippen molar-refractivity contribution < 1.29 is 49.0 Å². The number of likely N-dealkylation sites (tertiary alicyclic amines) is 2. The van der Waals surface area contributed by atoms with E-state index in [4.69, 9.17) is 34.6 Å². The van der Waals surface area contributed by atoms with Crippen LogP contribution in [0.5, 0.6) is 17.6 Å². The van der Waals surface area contributed by atoms with Crippen LogP contribution in [-0.2, 0) is 14.4 Å². The molecule has 0 unspecified atom stereocenters. The summed E-state index contributed by atoms with van der Waals surface area (Å²) < 4.78 is 22.8. The summed E-state index contributed by atoms with van der Waals surface area (Å²) in [6.45, 7) is 17.8. The molecule has 9 rings (SSSR count). The van der Waals surface area contributed by atoms with Crippen LogP contribution >= 0.6 is 0 Å². The molecule has 8 N–H and O–H groups in total. The van der Waals surface area contributed by atoms with Gasteiger partial charge in [-0.05, 0) is 106 Å². The first-order chi connectivity index (χ1) is 42.4. The van der Waals surface area contributed by atoms with Gasteiger partial charge in [0.05, 0.1) is 62.8 Å². The Balaban J connectivity index is 0.000000202. The Morgan fingerprint density at radius 1 is 0.500 bits per heavy atom. The molecule has 482 valence electrons. The molecule has 88 heavy (non-hydrogen) atoms. The number of rotatable bonds is 24. The molecule has 3 aliphatic heterocycles. The van der Waals surface area contributed by atoms with Crippen LogP contribution in [0.15, 0.2) is 70.5 Å². The number of aliphatic carboxylic acids is 1. The lowest BCUT2D eigenvalue weighted by atomic mass is 9.94. The number of imidazole rings is 3. The first-order valence-corrected chi connectivity index (χ1v) is 30.5. The summed E-state index contributed by atoms with van der Waals surface area (Å²) in [6, 6.07) is 0. The fraction of sp³-hybridized carbons (Fsp3) is 0.600. The molecule has 3 fully saturated rings. The average Bonchev–Trinajstić information content (AvgIpc) is 2.48. The van der Waals surface area contributed by atoms with Crippen LogP contribution < -0.4 is 36.2 Å². The fourth-order valence-corrected chi connectivity index (χ4v) is 10.4. The summed E-state index contributed by atoms with van der Waals surface area (Å²) in [5.41, 5.74) is 1.12. The number of carbonyl (C=O) groups excluding carboxylic acids is 2. The molecule has 0 bridgehead atoms. The predicted molar refractivity (Wildman–Crippen MR) is 325 cm³/mol. The van der Waals surface area contributed by atoms with Crippen molar-refractivity contribution in [3.8, 4) is 35.5 Å². The first-order valence-electron chi connectivity index (χ1n) is 30.5. The number of carboxylic acids is 1. The van der Waals surface area contributed by atoms with Gasteiger partial charge < -0.3 is 49.8 Å². The van der Waals surface area contributed by atoms with Crippen LogP contribution in [0.2, 0.25) is 0 Å². The zero-order valence-electron chi connectivity index (χ0n) is 51.5. The zero-order valence-corrected chi connectivity index (χ0v) is 51.5. The number of amides is 2. The summed E-state index contributed by atoms with van der Waals surface area (Å²) in [5, 5.41) is 36.8. The summed E-state index contributed by atoms with van der Waals surface area (Å²) >= 11 is 0. The van der Waals surface area contributed by atoms with Crippen molar-refractivity contribution in [3.05, 3.63) is 104 Å². The summed E-state index contributed by atoms with van der Waals surface area (Å²) in [6.07, 6.45) is 23.7. The van der Waals surface area contributed by atoms with Crippen LogP contribution in [0.1, 0.15) is 153 Å². The van der Waals surface area contributed by atoms with Gasteiger partial charge in [-0.25, -0.2) is 15.0 Å². The third-order valence-electron chi connectivity index (χ3n) is 15.4. The molecule has 0 saturated carbocycles. The molecule has 3 aliphatic rings. The fourth-order valence-electron chi connectivity index (χ4n) is 10.4. The number of hydrogen-bond donors (Lipinski definition) is 8. The van der Waals surface area contributed by atoms with Crippen molar-refractivity contribution in [3.63, 3.8) is 0 Å². The maximum atomic E-state index is 12.6. The molecule has 0 radical (unpaired) electrons. The number of nitrogens with one attached hydrogen (secondary N) is 4. The molecule has 28 heteroatoms. The maximum absolute atomic E-state index is 12.6. The van der Waals surface area contributed by atoms with Crippen molar-refractivity contribution in [1.82, 2.24) is 73.7 Å². The number of aliphatic hydroxyl groups is 3. The van der Waals surface area contributed by atoms with Gasteiger partial charge in [-0.3, -0.25) is 57.4 Å². The van der Waals surface area contributed by atoms with E-state index in [-0.39, 0.29) is 85.3 Å². The van der Waals surface area contributed by atoms with Gasteiger partial charge in [-0.2, -0.15) is 15.0 Å². The molecule has 0 spiro atoms. The van der Waals surface area contributed by atoms with E-state index in [0.29, 0.717) is 89.7 Å². The maximum Gasteiger partial charge on any atom is 0.305 e. The van der Waals surface area contributed by atoms with Gasteiger partial charge in [-0.1, -0.05) is 41.5 Å². The van der Waals surface area contributed by atoms with Crippen LogP contribution in [0.25, 0.3) is 17.8 Å². The van der Waals surface area contributed by atoms with Crippen molar-refractivity contribution >= 4 is 17.8 Å². The van der Waals surface area contributed by atoms with E-state index >= 15 is 0 Å². The SMILES string of the molecule is CC(C)c1c(OCCC2CCN(C(=O)CCO)CC2)nc(-n2ccnc2)[nH]c1=O.CC(C)c1c(OCCC2CCN(C(=O)CCO)CC2)nc(-n2ccnc2)[nH]c1=O.CC(C)c1c(OCCC2CCNCC2)nc(-n2ccnc2)[nH]c1=O.O=C(O)CCO. The summed E-state index contributed by atoms with van der Waals surface area (Å²) in [4.78, 5) is 108. The monoisotopic (exact) mass is 1230 g/mol. The molecular weight excluding hydrogens is 1140 g/mol. The normalized spacial score (nSPS) is 14.8. The van der Waals surface area contributed by atoms with E-state index in [2.05, 4.69) is 50.2 Å². The molecule has 0 atom stereocenters. The van der Waals surface area contributed by atoms with E-state index < -0.39 is 5.97 Å². The van der Waals surface area contributed by atoms with Gasteiger partial charge in [0, 0.05) is 76.2 Å². The smallest absolute Gasteiger partial charge is 0.305 e. The number of carbonyl (C=O) groups is 3. The minimum Gasteiger partial charge on any atom is -0.481 e. The highest BCUT2D eigenvalue weighted by Crippen LogP contribution is 2.28. The Morgan fingerprint density at radius 3 is 1.06 bits per heavy atom. The van der Waals surface area contributed by atoms with Gasteiger partial charge in [0.2, 0.25) is 47.3 Å². The number of aromatic amines is 3. The highest BCUT2D eigenvalue weighted by Gasteiger charge is 2.26. The van der Waals surface area contributed by atoms with E-state index in [1.54, 1.807) is 69.9 Å². The molecular formula is C60H89N15O13. The number of piperidine rings is 3. The summed E-state index contributed by atoms with van der Waals surface area (Å²) in [5.74, 6) is 3.05. The Bertz CT molecular complexity index is 3070. The highest BCUT2D eigenvalue weighted by atomic mass is 16.5. The van der Waals surface area contributed by atoms with E-state index in [0.717, 1.165) is 84.2 Å². The number of aliphatic hydroxyl groups excluding tert-OH is 3. The second-order valence-corrected chi connectivity index (χ2v) is 22.8. The Labute approximate surface area is 511 Å². The van der Waals surface area contributed by atoms with Crippen molar-refractivity contribution in [2.24, 2.45) is 17.8 Å². The average molecular weight is 1230 g/mol. The second-order valence-electron chi connectivity index (χ2n) is 22.8. The van der Waals surface area contributed by atoms with Crippen molar-refractivity contribution in [2.45, 2.75) is 136 Å². The van der Waals surface area contributed by atoms with E-state index in [1.807, 2.05) is 51.3 Å². The Hall–Kier alpha value is -8.08. The van der Waals surface area contributed by atoms with Crippen LogP contribution in [0, 0.1) is 17.8 Å². The van der Waals surface area contributed by atoms with Gasteiger partial charge in [0.1, 0.15) is 19.0 Å². The standard InChI is InChI=1S/2C20H29N5O4.C17H25N5O2.C3H6O3/c2*1-14(2)17-18(28)22-20(25-10-7-21-13-25)23-19(17)29-12-6-15-3-8-24(9-4-15)16(27)5-11-26;1-12(2)14-15(23)20-17(22-9-8-19-11-22)21-16(14)24-10-5-13-3-6-18-7-4-13;4-2-1-3(5)6/h2*7,10,13-15,26H,3-6,8-9,11-12H2,1-2H3,(H,22,23,28);8-9,11-13,18H,3-7,10H2,1-2H3,(H,20,21,23);4H,1-2H2,(H,5,6). The molecule has 0 aromatic carbocycles. The van der Waals surface area contributed by atoms with Crippen molar-refractivity contribution in [2.75, 3.05) is 78.9 Å². The van der Waals surface area contributed by atoms with Crippen LogP contribution in [0.4, 0.5) is 0 Å². The summed E-state index contributed by atoms with van der Waals surface area (Å²) in [7, 11) is 0. The number of hydrogen-bond acceptors (Lipinski definition) is 19. The lowest BCUT2D eigenvalue weighted by Crippen LogP contribution is -2.39. The number of carboxylic acid groups (broad SMARTS) is 1. The van der Waals surface area contributed by atoms with E-state index in [1.165, 1.54) is 12.8 Å². The molecule has 0 aliphatic carbocycles. The molecule has 9 heterocycles. The zero-order chi connectivity index (χ0) is 63.5. The Morgan fingerprint density at radius 2 is 0.807 bits per heavy atom. The largest absolute Gasteiger partial charge is 0.481 e. The molecule has 3 saturated heterocycles. The van der Waals surface area contributed by atoms with Crippen LogP contribution in [0.3, 0.4) is 0 Å². The number of ether oxygens (including phenoxy) is 3. The molecule has 6 aromatic rings. The second kappa shape index (κ2) is 35.7. The van der Waals surface area contributed by atoms with Gasteiger partial charge >= 0.3 is 5.97 Å². The minimum atomic E-state index is -0.961. The topological polar surface area (TPSA) is 369 Å². The lowest BCUT2D eigenvalue weighted by molar-refractivity contribution is -0.138. The van der Waals surface area contributed by atoms with Crippen molar-refractivity contribution in [1.29, 1.82) is 0 Å². The van der Waals surface area contributed by atoms with Gasteiger partial charge in [-0.15, -0.1) is 0 Å². The number of aromatic nitrogens is 12. The third kappa shape index (κ3) is 21.1. The van der Waals surface area contributed by atoms with E-state index in [9.17, 15) is 28.8 Å². The molecule has 6 aromatic heterocycles. The third-order valence-corrected chi connectivity index (χ3v) is 15.4. The van der Waals surface area contributed by atoms with Crippen LogP contribution in [-0.4, -0.2) is 185 Å². The Kier molecular flexibility index (Phi) is 28.0. The predicted octanol–water partition coefficient (Wildman–Crippen LogP) is 4.24. The molecule has 2 amide bonds. The minimum absolute atomic E-state index is 0.0149. The quantitative estimate of drug-likeness (QED) is 0.0420.